The predicted octanol–water partition coefficient (Wildman–Crippen LogP) is 1.25. The maximum Gasteiger partial charge on any atom is 0.500 e. The molecule has 1 heterocycles. The van der Waals surface area contributed by atoms with Gasteiger partial charge in [0.1, 0.15) is 23.4 Å². The van der Waals surface area contributed by atoms with Gasteiger partial charge in [0.15, 0.2) is 0 Å². The summed E-state index contributed by atoms with van der Waals surface area (Å²) in [6, 6.07) is 0.883. The van der Waals surface area contributed by atoms with Crippen molar-refractivity contribution in [2.75, 3.05) is 24.7 Å². The lowest BCUT2D eigenvalue weighted by Crippen LogP contribution is -2.44. The van der Waals surface area contributed by atoms with Crippen molar-refractivity contribution >= 4 is 41.3 Å². The third-order valence-electron chi connectivity index (χ3n) is 3.43. The Morgan fingerprint density at radius 1 is 1.15 bits per heavy atom. The summed E-state index contributed by atoms with van der Waals surface area (Å²) in [5.74, 6) is -4.15. The number of rotatable bonds is 3. The summed E-state index contributed by atoms with van der Waals surface area (Å²) in [7, 11) is 2.69. The van der Waals surface area contributed by atoms with Crippen LogP contribution in [-0.2, 0) is 14.4 Å². The Morgan fingerprint density at radius 2 is 1.74 bits per heavy atom. The second-order valence-electron chi connectivity index (χ2n) is 5.57. The fourth-order valence-electron chi connectivity index (χ4n) is 2.15. The minimum Gasteiger partial charge on any atom is -0.324 e. The molecule has 0 aromatic heterocycles. The van der Waals surface area contributed by atoms with Gasteiger partial charge in [-0.2, -0.15) is 14.3 Å². The average Bonchev–Trinajstić information content (AvgIpc) is 2.59. The molecule has 0 aliphatic carbocycles. The molecular weight excluding hydrogens is 362 g/mol. The third kappa shape index (κ3) is 4.50. The zero-order valence-electron chi connectivity index (χ0n) is 14.6. The van der Waals surface area contributed by atoms with Crippen molar-refractivity contribution in [1.29, 1.82) is 0 Å². The molecule has 10 heteroatoms. The molecule has 0 bridgehead atoms. The van der Waals surface area contributed by atoms with Gasteiger partial charge in [0.25, 0.3) is 5.91 Å². The normalized spacial score (nSPS) is 13.7. The van der Waals surface area contributed by atoms with Gasteiger partial charge in [-0.1, -0.05) is 5.73 Å². The monoisotopic (exact) mass is 377 g/mol. The van der Waals surface area contributed by atoms with E-state index in [2.05, 4.69) is 16.4 Å². The van der Waals surface area contributed by atoms with Crippen molar-refractivity contribution in [3.63, 3.8) is 0 Å². The van der Waals surface area contributed by atoms with E-state index >= 15 is 0 Å². The van der Waals surface area contributed by atoms with Crippen molar-refractivity contribution in [3.05, 3.63) is 41.1 Å². The molecule has 0 atom stereocenters. The summed E-state index contributed by atoms with van der Waals surface area (Å²) in [4.78, 5) is 47.4. The molecule has 0 radical (unpaired) electrons. The number of carbonyl (C=O) groups is 4. The highest BCUT2D eigenvalue weighted by Gasteiger charge is 2.34. The second kappa shape index (κ2) is 7.71. The number of anilines is 2. The molecular formula is C17H15F2N4O4+. The average molecular weight is 377 g/mol. The lowest BCUT2D eigenvalue weighted by atomic mass is 10.2. The first-order valence-electron chi connectivity index (χ1n) is 7.54. The number of hydrogen-bond acceptors (Lipinski definition) is 4. The van der Waals surface area contributed by atoms with E-state index in [9.17, 15) is 28.0 Å². The fourth-order valence-corrected chi connectivity index (χ4v) is 2.15. The first kappa shape index (κ1) is 19.7. The van der Waals surface area contributed by atoms with Crippen LogP contribution in [0, 0.1) is 11.6 Å². The van der Waals surface area contributed by atoms with Crippen LogP contribution in [0.25, 0.3) is 0 Å². The smallest absolute Gasteiger partial charge is 0.324 e. The molecule has 1 aromatic rings. The van der Waals surface area contributed by atoms with Gasteiger partial charge in [-0.25, -0.2) is 13.6 Å². The molecule has 140 valence electrons. The molecule has 0 saturated carbocycles. The first-order chi connectivity index (χ1) is 12.6. The molecule has 1 aliphatic heterocycles. The zero-order chi connectivity index (χ0) is 20.3. The number of urea groups is 1. The van der Waals surface area contributed by atoms with E-state index in [1.807, 2.05) is 0 Å². The molecule has 5 amide bonds. The van der Waals surface area contributed by atoms with Gasteiger partial charge in [-0.3, -0.25) is 9.59 Å². The van der Waals surface area contributed by atoms with Crippen LogP contribution < -0.4 is 10.6 Å². The highest BCUT2D eigenvalue weighted by molar-refractivity contribution is 6.18. The Kier molecular flexibility index (Phi) is 5.62. The van der Waals surface area contributed by atoms with Gasteiger partial charge in [0, 0.05) is 19.1 Å². The second-order valence-corrected chi connectivity index (χ2v) is 5.57. The van der Waals surface area contributed by atoms with Gasteiger partial charge in [0.05, 0.1) is 25.5 Å². The van der Waals surface area contributed by atoms with Crippen LogP contribution >= 0.6 is 0 Å². The topological polar surface area (TPSA) is 98.6 Å². The minimum absolute atomic E-state index is 0.0618. The van der Waals surface area contributed by atoms with Gasteiger partial charge < -0.3 is 10.6 Å². The number of carbonyl (C=O) groups excluding carboxylic acids is 4. The minimum atomic E-state index is -1.05. The van der Waals surface area contributed by atoms with Crippen molar-refractivity contribution in [2.45, 2.75) is 6.92 Å². The molecule has 27 heavy (non-hydrogen) atoms. The van der Waals surface area contributed by atoms with Crippen molar-refractivity contribution < 1.29 is 32.5 Å². The van der Waals surface area contributed by atoms with Gasteiger partial charge >= 0.3 is 11.9 Å². The number of benzene rings is 1. The van der Waals surface area contributed by atoms with Gasteiger partial charge in [-0.05, 0) is 6.07 Å². The van der Waals surface area contributed by atoms with Crippen LogP contribution in [0.15, 0.2) is 29.5 Å². The maximum atomic E-state index is 13.8. The highest BCUT2D eigenvalue weighted by atomic mass is 19.1. The first-order valence-corrected chi connectivity index (χ1v) is 7.54. The molecule has 2 N–H and O–H groups in total. The number of halogens is 2. The Bertz CT molecular complexity index is 962. The largest absolute Gasteiger partial charge is 0.500 e. The van der Waals surface area contributed by atoms with E-state index in [4.69, 9.17) is 0 Å². The summed E-state index contributed by atoms with van der Waals surface area (Å²) in [5.41, 5.74) is 1.68. The molecule has 0 saturated heterocycles. The van der Waals surface area contributed by atoms with Crippen molar-refractivity contribution in [3.8, 4) is 0 Å². The van der Waals surface area contributed by atoms with Crippen molar-refractivity contribution in [2.24, 2.45) is 0 Å². The van der Waals surface area contributed by atoms with Crippen LogP contribution in [0.4, 0.5) is 25.0 Å². The van der Waals surface area contributed by atoms with E-state index in [0.29, 0.717) is 6.07 Å². The van der Waals surface area contributed by atoms with Crippen molar-refractivity contribution in [1.82, 2.24) is 4.90 Å². The van der Waals surface area contributed by atoms with Crippen LogP contribution in [-0.4, -0.2) is 53.5 Å². The molecule has 0 spiro atoms. The Balaban J connectivity index is 2.28. The summed E-state index contributed by atoms with van der Waals surface area (Å²) >= 11 is 0. The fraction of sp³-hybridized carbons (Fsp3) is 0.176. The summed E-state index contributed by atoms with van der Waals surface area (Å²) < 4.78 is 28.5. The standard InChI is InChI=1S/C17H14F2N4O4/c1-9(24)20-13-7-14(12(19)6-11(13)18)21-15(25)5-4-10-8-22(2)17(27)23(3)16(10)26/h5-8H,1-3H3,(H-,20,21,24,25)/p+1. The van der Waals surface area contributed by atoms with Crippen LogP contribution in [0.3, 0.4) is 0 Å². The van der Waals surface area contributed by atoms with E-state index in [1.54, 1.807) is 0 Å². The quantitative estimate of drug-likeness (QED) is 0.471. The molecule has 0 unspecified atom stereocenters. The number of nitrogens with one attached hydrogen (secondary N) is 2. The van der Waals surface area contributed by atoms with Gasteiger partial charge in [0.2, 0.25) is 5.91 Å². The molecule has 0 fully saturated rings. The van der Waals surface area contributed by atoms with Gasteiger partial charge in [-0.15, -0.1) is 0 Å². The number of nitrogens with zero attached hydrogens (tertiary/aromatic N) is 2. The molecule has 1 aliphatic rings. The summed E-state index contributed by atoms with van der Waals surface area (Å²) in [5, 5.41) is 4.32. The molecule has 2 rings (SSSR count). The van der Waals surface area contributed by atoms with Crippen LogP contribution in [0.5, 0.6) is 0 Å². The Morgan fingerprint density at radius 3 is 2.33 bits per heavy atom. The SMILES string of the molecule is CC(=O)Nc1cc(NC(=O)C=C=C2C=[N+](C)C(=O)N(C)C2=O)c(F)cc1F. The lowest BCUT2D eigenvalue weighted by molar-refractivity contribution is -0.397. The molecule has 8 nitrogen and oxygen atoms in total. The predicted molar refractivity (Wildman–Crippen MR) is 91.3 cm³/mol. The van der Waals surface area contributed by atoms with E-state index in [0.717, 1.165) is 28.5 Å². The highest BCUT2D eigenvalue weighted by Crippen LogP contribution is 2.23. The van der Waals surface area contributed by atoms with E-state index in [1.165, 1.54) is 20.3 Å². The maximum absolute atomic E-state index is 13.8. The molecule has 1 aromatic carbocycles. The number of likely N-dealkylation sites (N-methyl/N-ethyl adjacent to an activating group) is 1. The van der Waals surface area contributed by atoms with Crippen LogP contribution in [0.1, 0.15) is 6.92 Å². The Hall–Kier alpha value is -3.65. The van der Waals surface area contributed by atoms with E-state index < -0.39 is 35.4 Å². The summed E-state index contributed by atoms with van der Waals surface area (Å²) in [6.07, 6.45) is 2.03. The number of hydrogen-bond donors (Lipinski definition) is 2. The summed E-state index contributed by atoms with van der Waals surface area (Å²) in [6.45, 7) is 1.15. The number of amides is 5. The Labute approximate surface area is 152 Å². The van der Waals surface area contributed by atoms with Crippen LogP contribution in [0.2, 0.25) is 0 Å². The lowest BCUT2D eigenvalue weighted by Gasteiger charge is -2.12. The third-order valence-corrected chi connectivity index (χ3v) is 3.43. The van der Waals surface area contributed by atoms with E-state index in [-0.39, 0.29) is 16.9 Å². The zero-order valence-corrected chi connectivity index (χ0v) is 14.6. The number of imide groups is 1.